The molecule has 0 bridgehead atoms. The SMILES string of the molecule is CN(C)C(=O)c1cccc(C(=O)NCC2(O)CCC2)c1. The van der Waals surface area contributed by atoms with Gasteiger partial charge in [-0.2, -0.15) is 0 Å². The van der Waals surface area contributed by atoms with Crippen LogP contribution < -0.4 is 5.32 Å². The Kier molecular flexibility index (Phi) is 4.09. The van der Waals surface area contributed by atoms with E-state index >= 15 is 0 Å². The molecule has 108 valence electrons. The number of benzene rings is 1. The minimum Gasteiger partial charge on any atom is -0.388 e. The Labute approximate surface area is 118 Å². The van der Waals surface area contributed by atoms with Gasteiger partial charge in [-0.1, -0.05) is 6.07 Å². The van der Waals surface area contributed by atoms with Gasteiger partial charge in [0.05, 0.1) is 5.60 Å². The second-order valence-electron chi connectivity index (χ2n) is 5.54. The van der Waals surface area contributed by atoms with Gasteiger partial charge in [0.15, 0.2) is 0 Å². The molecular formula is C15H20N2O3. The molecule has 0 atom stereocenters. The number of hydrogen-bond donors (Lipinski definition) is 2. The van der Waals surface area contributed by atoms with Crippen LogP contribution in [-0.4, -0.2) is 48.1 Å². The van der Waals surface area contributed by atoms with Crippen molar-refractivity contribution in [3.8, 4) is 0 Å². The molecule has 2 N–H and O–H groups in total. The first-order valence-electron chi connectivity index (χ1n) is 6.74. The first-order chi connectivity index (χ1) is 9.41. The maximum atomic E-state index is 12.0. The van der Waals surface area contributed by atoms with Crippen molar-refractivity contribution < 1.29 is 14.7 Å². The third kappa shape index (κ3) is 3.17. The minimum atomic E-state index is -0.743. The van der Waals surface area contributed by atoms with Gasteiger partial charge >= 0.3 is 0 Å². The molecule has 1 aromatic carbocycles. The predicted molar refractivity (Wildman–Crippen MR) is 75.6 cm³/mol. The van der Waals surface area contributed by atoms with E-state index in [1.165, 1.54) is 4.90 Å². The molecule has 2 rings (SSSR count). The molecule has 0 saturated heterocycles. The van der Waals surface area contributed by atoms with Gasteiger partial charge in [0.1, 0.15) is 0 Å². The molecule has 5 nitrogen and oxygen atoms in total. The summed E-state index contributed by atoms with van der Waals surface area (Å²) in [4.78, 5) is 25.3. The van der Waals surface area contributed by atoms with E-state index in [-0.39, 0.29) is 18.4 Å². The lowest BCUT2D eigenvalue weighted by Crippen LogP contribution is -2.47. The molecule has 1 saturated carbocycles. The van der Waals surface area contributed by atoms with Gasteiger partial charge in [0.2, 0.25) is 0 Å². The Morgan fingerprint density at radius 2 is 1.95 bits per heavy atom. The van der Waals surface area contributed by atoms with Crippen LogP contribution in [0.2, 0.25) is 0 Å². The zero-order valence-electron chi connectivity index (χ0n) is 11.8. The number of hydrogen-bond acceptors (Lipinski definition) is 3. The van der Waals surface area contributed by atoms with Gasteiger partial charge in [0, 0.05) is 31.8 Å². The molecule has 0 heterocycles. The highest BCUT2D eigenvalue weighted by atomic mass is 16.3. The summed E-state index contributed by atoms with van der Waals surface area (Å²) in [7, 11) is 3.34. The van der Waals surface area contributed by atoms with Crippen LogP contribution in [-0.2, 0) is 0 Å². The summed E-state index contributed by atoms with van der Waals surface area (Å²) in [6, 6.07) is 6.59. The third-order valence-electron chi connectivity index (χ3n) is 3.64. The first kappa shape index (κ1) is 14.5. The van der Waals surface area contributed by atoms with E-state index in [1.54, 1.807) is 38.4 Å². The summed E-state index contributed by atoms with van der Waals surface area (Å²) in [5.74, 6) is -0.406. The van der Waals surface area contributed by atoms with Crippen LogP contribution in [0, 0.1) is 0 Å². The van der Waals surface area contributed by atoms with Crippen LogP contribution >= 0.6 is 0 Å². The van der Waals surface area contributed by atoms with Gasteiger partial charge in [-0.05, 0) is 37.5 Å². The zero-order valence-corrected chi connectivity index (χ0v) is 11.8. The molecule has 1 fully saturated rings. The standard InChI is InChI=1S/C15H20N2O3/c1-17(2)14(19)12-6-3-5-11(9-12)13(18)16-10-15(20)7-4-8-15/h3,5-6,9,20H,4,7-8,10H2,1-2H3,(H,16,18). The maximum absolute atomic E-state index is 12.0. The van der Waals surface area contributed by atoms with Gasteiger partial charge < -0.3 is 15.3 Å². The van der Waals surface area contributed by atoms with E-state index < -0.39 is 5.60 Å². The number of nitrogens with one attached hydrogen (secondary N) is 1. The fourth-order valence-corrected chi connectivity index (χ4v) is 2.16. The smallest absolute Gasteiger partial charge is 0.253 e. The van der Waals surface area contributed by atoms with E-state index in [1.807, 2.05) is 0 Å². The lowest BCUT2D eigenvalue weighted by Gasteiger charge is -2.36. The topological polar surface area (TPSA) is 69.6 Å². The van der Waals surface area contributed by atoms with Gasteiger partial charge in [0.25, 0.3) is 11.8 Å². The molecular weight excluding hydrogens is 256 g/mol. The maximum Gasteiger partial charge on any atom is 0.253 e. The zero-order chi connectivity index (χ0) is 14.8. The van der Waals surface area contributed by atoms with Crippen molar-refractivity contribution in [1.82, 2.24) is 10.2 Å². The molecule has 20 heavy (non-hydrogen) atoms. The molecule has 0 radical (unpaired) electrons. The van der Waals surface area contributed by atoms with Crippen LogP contribution in [0.1, 0.15) is 40.0 Å². The van der Waals surface area contributed by atoms with Gasteiger partial charge in [-0.3, -0.25) is 9.59 Å². The second kappa shape index (κ2) is 5.63. The highest BCUT2D eigenvalue weighted by Gasteiger charge is 2.34. The number of carbonyl (C=O) groups is 2. The molecule has 1 aliphatic rings. The average Bonchev–Trinajstić information content (AvgIpc) is 2.41. The number of carbonyl (C=O) groups excluding carboxylic acids is 2. The Morgan fingerprint density at radius 1 is 1.30 bits per heavy atom. The lowest BCUT2D eigenvalue weighted by atomic mass is 9.80. The Morgan fingerprint density at radius 3 is 2.50 bits per heavy atom. The van der Waals surface area contributed by atoms with Crippen LogP contribution in [0.3, 0.4) is 0 Å². The van der Waals surface area contributed by atoms with E-state index in [9.17, 15) is 14.7 Å². The minimum absolute atomic E-state index is 0.141. The molecule has 1 aliphatic carbocycles. The second-order valence-corrected chi connectivity index (χ2v) is 5.54. The van der Waals surface area contributed by atoms with Gasteiger partial charge in [-0.15, -0.1) is 0 Å². The molecule has 5 heteroatoms. The van der Waals surface area contributed by atoms with Crippen LogP contribution in [0.5, 0.6) is 0 Å². The van der Waals surface area contributed by atoms with Crippen molar-refractivity contribution in [3.05, 3.63) is 35.4 Å². The molecule has 2 amide bonds. The highest BCUT2D eigenvalue weighted by Crippen LogP contribution is 2.30. The van der Waals surface area contributed by atoms with E-state index in [2.05, 4.69) is 5.32 Å². The van der Waals surface area contributed by atoms with E-state index in [0.717, 1.165) is 19.3 Å². The van der Waals surface area contributed by atoms with Crippen molar-refractivity contribution >= 4 is 11.8 Å². The van der Waals surface area contributed by atoms with Crippen molar-refractivity contribution in [3.63, 3.8) is 0 Å². The molecule has 0 unspecified atom stereocenters. The molecule has 0 aliphatic heterocycles. The number of amides is 2. The summed E-state index contributed by atoms with van der Waals surface area (Å²) < 4.78 is 0. The summed E-state index contributed by atoms with van der Waals surface area (Å²) in [5, 5.41) is 12.7. The van der Waals surface area contributed by atoms with E-state index in [0.29, 0.717) is 11.1 Å². The number of aliphatic hydroxyl groups is 1. The van der Waals surface area contributed by atoms with Crippen molar-refractivity contribution in [2.75, 3.05) is 20.6 Å². The predicted octanol–water partition coefficient (Wildman–Crippen LogP) is 1.03. The average molecular weight is 276 g/mol. The third-order valence-corrected chi connectivity index (χ3v) is 3.64. The highest BCUT2D eigenvalue weighted by molar-refractivity contribution is 5.99. The number of rotatable bonds is 4. The van der Waals surface area contributed by atoms with E-state index in [4.69, 9.17) is 0 Å². The van der Waals surface area contributed by atoms with Crippen LogP contribution in [0.4, 0.5) is 0 Å². The molecule has 1 aromatic rings. The summed E-state index contributed by atoms with van der Waals surface area (Å²) in [5.41, 5.74) is 0.165. The molecule has 0 aromatic heterocycles. The summed E-state index contributed by atoms with van der Waals surface area (Å²) >= 11 is 0. The Bertz CT molecular complexity index is 522. The fourth-order valence-electron chi connectivity index (χ4n) is 2.16. The van der Waals surface area contributed by atoms with Crippen molar-refractivity contribution in [2.24, 2.45) is 0 Å². The Balaban J connectivity index is 2.02. The normalized spacial score (nSPS) is 16.1. The monoisotopic (exact) mass is 276 g/mol. The largest absolute Gasteiger partial charge is 0.388 e. The van der Waals surface area contributed by atoms with Crippen molar-refractivity contribution in [1.29, 1.82) is 0 Å². The summed E-state index contributed by atoms with van der Waals surface area (Å²) in [6.07, 6.45) is 2.46. The van der Waals surface area contributed by atoms with Crippen LogP contribution in [0.15, 0.2) is 24.3 Å². The Hall–Kier alpha value is -1.88. The number of nitrogens with zero attached hydrogens (tertiary/aromatic N) is 1. The summed E-state index contributed by atoms with van der Waals surface area (Å²) in [6.45, 7) is 0.262. The first-order valence-corrected chi connectivity index (χ1v) is 6.74. The van der Waals surface area contributed by atoms with Crippen molar-refractivity contribution in [2.45, 2.75) is 24.9 Å². The van der Waals surface area contributed by atoms with Gasteiger partial charge in [-0.25, -0.2) is 0 Å². The lowest BCUT2D eigenvalue weighted by molar-refractivity contribution is -0.0300. The quantitative estimate of drug-likeness (QED) is 0.863. The van der Waals surface area contributed by atoms with Crippen LogP contribution in [0.25, 0.3) is 0 Å². The fraction of sp³-hybridized carbons (Fsp3) is 0.467. The molecule has 0 spiro atoms.